The number of aromatic nitrogens is 2. The van der Waals surface area contributed by atoms with Gasteiger partial charge in [-0.15, -0.1) is 0 Å². The summed E-state index contributed by atoms with van der Waals surface area (Å²) in [5.74, 6) is 0.760. The Morgan fingerprint density at radius 1 is 1.36 bits per heavy atom. The van der Waals surface area contributed by atoms with Crippen LogP contribution in [0.2, 0.25) is 0 Å². The van der Waals surface area contributed by atoms with Gasteiger partial charge < -0.3 is 9.72 Å². The van der Waals surface area contributed by atoms with Crippen molar-refractivity contribution >= 4 is 11.8 Å². The number of H-pyrrole nitrogens is 1. The van der Waals surface area contributed by atoms with Gasteiger partial charge in [0.2, 0.25) is 0 Å². The predicted octanol–water partition coefficient (Wildman–Crippen LogP) is 3.33. The van der Waals surface area contributed by atoms with Crippen molar-refractivity contribution in [3.8, 4) is 0 Å². The number of hydrogen-bond acceptors (Lipinski definition) is 4. The zero-order valence-corrected chi connectivity index (χ0v) is 13.7. The van der Waals surface area contributed by atoms with E-state index in [9.17, 15) is 4.79 Å². The highest BCUT2D eigenvalue weighted by Crippen LogP contribution is 2.19. The second-order valence-corrected chi connectivity index (χ2v) is 6.10. The number of hydrogen-bond donors (Lipinski definition) is 1. The molecule has 22 heavy (non-hydrogen) atoms. The summed E-state index contributed by atoms with van der Waals surface area (Å²) >= 11 is 1.51. The molecule has 0 saturated carbocycles. The highest BCUT2D eigenvalue weighted by Gasteiger charge is 2.12. The molecule has 0 spiro atoms. The summed E-state index contributed by atoms with van der Waals surface area (Å²) in [4.78, 5) is 19.7. The lowest BCUT2D eigenvalue weighted by Crippen LogP contribution is -2.19. The average molecular weight is 316 g/mol. The first kappa shape index (κ1) is 16.5. The number of methoxy groups -OCH3 is 1. The van der Waals surface area contributed by atoms with Gasteiger partial charge in [0.1, 0.15) is 0 Å². The van der Waals surface area contributed by atoms with Crippen molar-refractivity contribution in [2.75, 3.05) is 7.11 Å². The number of benzene rings is 1. The normalized spacial score (nSPS) is 10.6. The SMILES string of the molecule is C=C(C)Cc1c(COC)nc(SCc2ccccc2)[nH]c1=O. The van der Waals surface area contributed by atoms with E-state index in [4.69, 9.17) is 4.74 Å². The number of ether oxygens (including phenoxy) is 1. The van der Waals surface area contributed by atoms with Gasteiger partial charge in [-0.3, -0.25) is 4.79 Å². The summed E-state index contributed by atoms with van der Waals surface area (Å²) in [7, 11) is 1.60. The van der Waals surface area contributed by atoms with Crippen LogP contribution in [0.3, 0.4) is 0 Å². The molecule has 0 unspecified atom stereocenters. The van der Waals surface area contributed by atoms with Crippen molar-refractivity contribution in [2.45, 2.75) is 30.9 Å². The molecule has 1 N–H and O–H groups in total. The fraction of sp³-hybridized carbons (Fsp3) is 0.294. The maximum atomic E-state index is 12.3. The monoisotopic (exact) mass is 316 g/mol. The number of nitrogens with one attached hydrogen (secondary N) is 1. The first-order valence-electron chi connectivity index (χ1n) is 7.02. The van der Waals surface area contributed by atoms with Crippen LogP contribution in [0, 0.1) is 0 Å². The minimum absolute atomic E-state index is 0.111. The molecule has 0 amide bonds. The molecule has 0 radical (unpaired) electrons. The van der Waals surface area contributed by atoms with Crippen molar-refractivity contribution < 1.29 is 4.74 Å². The Labute approximate surface area is 134 Å². The van der Waals surface area contributed by atoms with Gasteiger partial charge in [0.05, 0.1) is 12.3 Å². The summed E-state index contributed by atoms with van der Waals surface area (Å²) in [6, 6.07) is 10.1. The first-order chi connectivity index (χ1) is 10.6. The van der Waals surface area contributed by atoms with Gasteiger partial charge >= 0.3 is 0 Å². The molecule has 2 rings (SSSR count). The Bertz CT molecular complexity index is 696. The maximum Gasteiger partial charge on any atom is 0.255 e. The van der Waals surface area contributed by atoms with Crippen LogP contribution in [0.15, 0.2) is 52.4 Å². The largest absolute Gasteiger partial charge is 0.378 e. The highest BCUT2D eigenvalue weighted by atomic mass is 32.2. The fourth-order valence-corrected chi connectivity index (χ4v) is 2.89. The van der Waals surface area contributed by atoms with Crippen LogP contribution in [-0.4, -0.2) is 17.1 Å². The molecule has 5 heteroatoms. The Hall–Kier alpha value is -1.85. The fourth-order valence-electron chi connectivity index (χ4n) is 2.06. The zero-order chi connectivity index (χ0) is 15.9. The maximum absolute atomic E-state index is 12.3. The first-order valence-corrected chi connectivity index (χ1v) is 8.01. The zero-order valence-electron chi connectivity index (χ0n) is 12.9. The van der Waals surface area contributed by atoms with Crippen molar-refractivity contribution in [1.29, 1.82) is 0 Å². The summed E-state index contributed by atoms with van der Waals surface area (Å²) in [6.45, 7) is 6.09. The molecule has 0 saturated heterocycles. The number of allylic oxidation sites excluding steroid dienone is 1. The van der Waals surface area contributed by atoms with Gasteiger partial charge in [0.15, 0.2) is 5.16 Å². The van der Waals surface area contributed by atoms with E-state index in [1.807, 2.05) is 25.1 Å². The standard InChI is InChI=1S/C17H20N2O2S/c1-12(2)9-14-15(10-21-3)18-17(19-16(14)20)22-11-13-7-5-4-6-8-13/h4-8H,1,9-11H2,2-3H3,(H,18,19,20). The molecule has 0 aliphatic heterocycles. The molecule has 0 bridgehead atoms. The molecule has 1 aromatic heterocycles. The van der Waals surface area contributed by atoms with Crippen molar-refractivity contribution in [3.05, 3.63) is 69.7 Å². The van der Waals surface area contributed by atoms with E-state index in [1.54, 1.807) is 7.11 Å². The van der Waals surface area contributed by atoms with E-state index in [-0.39, 0.29) is 5.56 Å². The minimum atomic E-state index is -0.111. The third-order valence-electron chi connectivity index (χ3n) is 3.06. The van der Waals surface area contributed by atoms with Crippen molar-refractivity contribution in [2.24, 2.45) is 0 Å². The van der Waals surface area contributed by atoms with Crippen LogP contribution in [0.1, 0.15) is 23.7 Å². The molecule has 2 aromatic rings. The summed E-state index contributed by atoms with van der Waals surface area (Å²) in [5.41, 5.74) is 3.33. The molecule has 1 heterocycles. The quantitative estimate of drug-likeness (QED) is 0.483. The molecule has 116 valence electrons. The predicted molar refractivity (Wildman–Crippen MR) is 90.1 cm³/mol. The van der Waals surface area contributed by atoms with Gasteiger partial charge in [-0.1, -0.05) is 54.2 Å². The topological polar surface area (TPSA) is 55.0 Å². The number of aromatic amines is 1. The molecular formula is C17H20N2O2S. The summed E-state index contributed by atoms with van der Waals surface area (Å²) in [5, 5.41) is 0.617. The lowest BCUT2D eigenvalue weighted by Gasteiger charge is -2.09. The Morgan fingerprint density at radius 2 is 2.09 bits per heavy atom. The third kappa shape index (κ3) is 4.58. The lowest BCUT2D eigenvalue weighted by atomic mass is 10.1. The molecule has 4 nitrogen and oxygen atoms in total. The van der Waals surface area contributed by atoms with Crippen LogP contribution in [-0.2, 0) is 23.5 Å². The summed E-state index contributed by atoms with van der Waals surface area (Å²) < 4.78 is 5.17. The molecule has 0 aliphatic carbocycles. The number of nitrogens with zero attached hydrogens (tertiary/aromatic N) is 1. The second-order valence-electron chi connectivity index (χ2n) is 5.14. The number of rotatable bonds is 7. The van der Waals surface area contributed by atoms with E-state index in [2.05, 4.69) is 28.7 Å². The third-order valence-corrected chi connectivity index (χ3v) is 4.00. The van der Waals surface area contributed by atoms with E-state index in [1.165, 1.54) is 17.3 Å². The Kier molecular flexibility index (Phi) is 5.98. The van der Waals surface area contributed by atoms with Gasteiger partial charge in [-0.2, -0.15) is 0 Å². The van der Waals surface area contributed by atoms with E-state index < -0.39 is 0 Å². The van der Waals surface area contributed by atoms with Crippen LogP contribution < -0.4 is 5.56 Å². The lowest BCUT2D eigenvalue weighted by molar-refractivity contribution is 0.180. The molecule has 0 atom stereocenters. The smallest absolute Gasteiger partial charge is 0.255 e. The van der Waals surface area contributed by atoms with Gasteiger partial charge in [-0.25, -0.2) is 4.98 Å². The molecule has 1 aromatic carbocycles. The van der Waals surface area contributed by atoms with Gasteiger partial charge in [0.25, 0.3) is 5.56 Å². The highest BCUT2D eigenvalue weighted by molar-refractivity contribution is 7.98. The Morgan fingerprint density at radius 3 is 2.73 bits per heavy atom. The van der Waals surface area contributed by atoms with E-state index in [0.717, 1.165) is 11.3 Å². The van der Waals surface area contributed by atoms with Crippen LogP contribution >= 0.6 is 11.8 Å². The Balaban J connectivity index is 2.22. The molecular weight excluding hydrogens is 296 g/mol. The van der Waals surface area contributed by atoms with Crippen LogP contribution in [0.5, 0.6) is 0 Å². The van der Waals surface area contributed by atoms with E-state index >= 15 is 0 Å². The minimum Gasteiger partial charge on any atom is -0.378 e. The van der Waals surface area contributed by atoms with Crippen LogP contribution in [0.4, 0.5) is 0 Å². The van der Waals surface area contributed by atoms with Gasteiger partial charge in [-0.05, 0) is 12.5 Å². The number of thioether (sulfide) groups is 1. The van der Waals surface area contributed by atoms with Crippen molar-refractivity contribution in [1.82, 2.24) is 9.97 Å². The van der Waals surface area contributed by atoms with Crippen molar-refractivity contribution in [3.63, 3.8) is 0 Å². The van der Waals surface area contributed by atoms with Gasteiger partial charge in [0, 0.05) is 24.8 Å². The average Bonchev–Trinajstić information content (AvgIpc) is 2.49. The van der Waals surface area contributed by atoms with E-state index in [0.29, 0.717) is 29.4 Å². The summed E-state index contributed by atoms with van der Waals surface area (Å²) in [6.07, 6.45) is 0.519. The molecule has 0 fully saturated rings. The van der Waals surface area contributed by atoms with Crippen LogP contribution in [0.25, 0.3) is 0 Å². The molecule has 0 aliphatic rings. The second kappa shape index (κ2) is 7.96.